The Kier molecular flexibility index (Phi) is 5.75. The van der Waals surface area contributed by atoms with E-state index in [2.05, 4.69) is 15.6 Å². The van der Waals surface area contributed by atoms with Crippen molar-refractivity contribution in [1.29, 1.82) is 0 Å². The molecular formula is C19H23N3O3. The molecule has 0 atom stereocenters. The monoisotopic (exact) mass is 341 g/mol. The van der Waals surface area contributed by atoms with Crippen LogP contribution in [0.5, 0.6) is 5.75 Å². The third-order valence-corrected chi connectivity index (χ3v) is 3.33. The minimum absolute atomic E-state index is 0.191. The molecule has 0 fully saturated rings. The Bertz CT molecular complexity index is 767. The summed E-state index contributed by atoms with van der Waals surface area (Å²) in [5.74, 6) is 0.0391. The number of hydrogen-bond acceptors (Lipinski definition) is 4. The van der Waals surface area contributed by atoms with Crippen LogP contribution < -0.4 is 15.4 Å². The number of nitrogens with one attached hydrogen (secondary N) is 2. The first-order valence-electron chi connectivity index (χ1n) is 8.00. The molecule has 0 radical (unpaired) electrons. The Morgan fingerprint density at radius 1 is 1.00 bits per heavy atom. The molecule has 0 aliphatic rings. The number of para-hydroxylation sites is 1. The van der Waals surface area contributed by atoms with E-state index in [-0.39, 0.29) is 28.7 Å². The fourth-order valence-electron chi connectivity index (χ4n) is 2.21. The van der Waals surface area contributed by atoms with Crippen LogP contribution >= 0.6 is 0 Å². The van der Waals surface area contributed by atoms with E-state index in [4.69, 9.17) is 4.74 Å². The van der Waals surface area contributed by atoms with Gasteiger partial charge in [0.1, 0.15) is 17.1 Å². The topological polar surface area (TPSA) is 80.3 Å². The molecule has 0 unspecified atom stereocenters. The molecule has 1 aromatic heterocycles. The second kappa shape index (κ2) is 7.79. The summed E-state index contributed by atoms with van der Waals surface area (Å²) in [4.78, 5) is 28.7. The number of nitrogens with zero attached hydrogens (tertiary/aromatic N) is 1. The SMILES string of the molecule is COc1ccccc1CNC(=O)c1cccc(C(=O)NC(C)(C)C)n1. The van der Waals surface area contributed by atoms with Gasteiger partial charge in [-0.05, 0) is 39.0 Å². The molecule has 2 N–H and O–H groups in total. The summed E-state index contributed by atoms with van der Waals surface area (Å²) >= 11 is 0. The zero-order valence-corrected chi connectivity index (χ0v) is 14.9. The van der Waals surface area contributed by atoms with Gasteiger partial charge in [-0.2, -0.15) is 0 Å². The first-order valence-corrected chi connectivity index (χ1v) is 8.00. The molecule has 25 heavy (non-hydrogen) atoms. The molecule has 0 bridgehead atoms. The van der Waals surface area contributed by atoms with Gasteiger partial charge in [0.15, 0.2) is 0 Å². The van der Waals surface area contributed by atoms with E-state index < -0.39 is 0 Å². The molecule has 2 aromatic rings. The number of aromatic nitrogens is 1. The van der Waals surface area contributed by atoms with Gasteiger partial charge in [-0.3, -0.25) is 9.59 Å². The van der Waals surface area contributed by atoms with Crippen LogP contribution in [0.2, 0.25) is 0 Å². The molecule has 132 valence electrons. The number of pyridine rings is 1. The summed E-state index contributed by atoms with van der Waals surface area (Å²) in [6.45, 7) is 5.96. The molecule has 6 nitrogen and oxygen atoms in total. The zero-order chi connectivity index (χ0) is 18.4. The number of rotatable bonds is 5. The lowest BCUT2D eigenvalue weighted by Gasteiger charge is -2.20. The average molecular weight is 341 g/mol. The highest BCUT2D eigenvalue weighted by atomic mass is 16.5. The molecule has 0 spiro atoms. The summed E-state index contributed by atoms with van der Waals surface area (Å²) in [7, 11) is 1.58. The van der Waals surface area contributed by atoms with Gasteiger partial charge < -0.3 is 15.4 Å². The van der Waals surface area contributed by atoms with Crippen LogP contribution in [0.4, 0.5) is 0 Å². The number of methoxy groups -OCH3 is 1. The standard InChI is InChI=1S/C19H23N3O3/c1-19(2,3)22-18(24)15-10-7-9-14(21-15)17(23)20-12-13-8-5-6-11-16(13)25-4/h5-11H,12H2,1-4H3,(H,20,23)(H,22,24). The number of hydrogen-bond donors (Lipinski definition) is 2. The van der Waals surface area contributed by atoms with Crippen molar-refractivity contribution in [3.8, 4) is 5.75 Å². The molecule has 0 saturated carbocycles. The minimum atomic E-state index is -0.374. The maximum absolute atomic E-state index is 12.3. The number of amides is 2. The summed E-state index contributed by atoms with van der Waals surface area (Å²) in [6, 6.07) is 12.2. The van der Waals surface area contributed by atoms with Gasteiger partial charge in [0.25, 0.3) is 11.8 Å². The summed E-state index contributed by atoms with van der Waals surface area (Å²) < 4.78 is 5.26. The quantitative estimate of drug-likeness (QED) is 0.876. The molecule has 2 rings (SSSR count). The van der Waals surface area contributed by atoms with E-state index in [1.54, 1.807) is 25.3 Å². The second-order valence-corrected chi connectivity index (χ2v) is 6.61. The van der Waals surface area contributed by atoms with Crippen LogP contribution in [-0.4, -0.2) is 29.4 Å². The maximum atomic E-state index is 12.3. The minimum Gasteiger partial charge on any atom is -0.496 e. The lowest BCUT2D eigenvalue weighted by Crippen LogP contribution is -2.41. The number of carbonyl (C=O) groups is 2. The van der Waals surface area contributed by atoms with Crippen LogP contribution in [-0.2, 0) is 6.54 Å². The van der Waals surface area contributed by atoms with Gasteiger partial charge in [-0.1, -0.05) is 24.3 Å². The molecular weight excluding hydrogens is 318 g/mol. The van der Waals surface area contributed by atoms with E-state index in [0.717, 1.165) is 5.56 Å². The molecule has 0 saturated heterocycles. The lowest BCUT2D eigenvalue weighted by molar-refractivity contribution is 0.0914. The predicted octanol–water partition coefficient (Wildman–Crippen LogP) is 2.55. The van der Waals surface area contributed by atoms with E-state index in [1.807, 2.05) is 45.0 Å². The number of ether oxygens (including phenoxy) is 1. The summed E-state index contributed by atoms with van der Waals surface area (Å²) in [5.41, 5.74) is 0.886. The van der Waals surface area contributed by atoms with Crippen molar-refractivity contribution in [2.75, 3.05) is 7.11 Å². The predicted molar refractivity (Wildman–Crippen MR) is 95.6 cm³/mol. The van der Waals surface area contributed by atoms with E-state index in [9.17, 15) is 9.59 Å². The van der Waals surface area contributed by atoms with Gasteiger partial charge in [0.05, 0.1) is 7.11 Å². The fraction of sp³-hybridized carbons (Fsp3) is 0.316. The largest absolute Gasteiger partial charge is 0.496 e. The van der Waals surface area contributed by atoms with Crippen LogP contribution in [0.15, 0.2) is 42.5 Å². The van der Waals surface area contributed by atoms with Crippen LogP contribution in [0, 0.1) is 0 Å². The van der Waals surface area contributed by atoms with Crippen molar-refractivity contribution in [3.05, 3.63) is 59.4 Å². The normalized spacial score (nSPS) is 10.9. The van der Waals surface area contributed by atoms with Gasteiger partial charge in [0.2, 0.25) is 0 Å². The van der Waals surface area contributed by atoms with Crippen molar-refractivity contribution in [2.45, 2.75) is 32.9 Å². The lowest BCUT2D eigenvalue weighted by atomic mass is 10.1. The average Bonchev–Trinajstić information content (AvgIpc) is 2.58. The summed E-state index contributed by atoms with van der Waals surface area (Å²) in [6.07, 6.45) is 0. The van der Waals surface area contributed by atoms with E-state index >= 15 is 0 Å². The van der Waals surface area contributed by atoms with E-state index in [1.165, 1.54) is 0 Å². The Morgan fingerprint density at radius 3 is 2.28 bits per heavy atom. The van der Waals surface area contributed by atoms with Gasteiger partial charge >= 0.3 is 0 Å². The van der Waals surface area contributed by atoms with Crippen LogP contribution in [0.3, 0.4) is 0 Å². The third-order valence-electron chi connectivity index (χ3n) is 3.33. The van der Waals surface area contributed by atoms with Gasteiger partial charge in [-0.25, -0.2) is 4.98 Å². The van der Waals surface area contributed by atoms with Crippen molar-refractivity contribution in [2.24, 2.45) is 0 Å². The third kappa shape index (κ3) is 5.31. The van der Waals surface area contributed by atoms with Crippen molar-refractivity contribution in [3.63, 3.8) is 0 Å². The van der Waals surface area contributed by atoms with E-state index in [0.29, 0.717) is 12.3 Å². The number of benzene rings is 1. The molecule has 1 heterocycles. The Hall–Kier alpha value is -2.89. The molecule has 6 heteroatoms. The fourth-order valence-corrected chi connectivity index (χ4v) is 2.21. The molecule has 0 aliphatic carbocycles. The number of carbonyl (C=O) groups excluding carboxylic acids is 2. The van der Waals surface area contributed by atoms with Crippen LogP contribution in [0.1, 0.15) is 47.3 Å². The van der Waals surface area contributed by atoms with Crippen molar-refractivity contribution >= 4 is 11.8 Å². The van der Waals surface area contributed by atoms with Gasteiger partial charge in [0, 0.05) is 17.6 Å². The first kappa shape index (κ1) is 18.4. The van der Waals surface area contributed by atoms with Crippen LogP contribution in [0.25, 0.3) is 0 Å². The highest BCUT2D eigenvalue weighted by molar-refractivity contribution is 5.96. The second-order valence-electron chi connectivity index (χ2n) is 6.61. The Balaban J connectivity index is 2.07. The maximum Gasteiger partial charge on any atom is 0.270 e. The Labute approximate surface area is 147 Å². The van der Waals surface area contributed by atoms with Crippen molar-refractivity contribution < 1.29 is 14.3 Å². The van der Waals surface area contributed by atoms with Gasteiger partial charge in [-0.15, -0.1) is 0 Å². The van der Waals surface area contributed by atoms with Crippen molar-refractivity contribution in [1.82, 2.24) is 15.6 Å². The molecule has 0 aliphatic heterocycles. The Morgan fingerprint density at radius 2 is 1.64 bits per heavy atom. The highest BCUT2D eigenvalue weighted by Crippen LogP contribution is 2.16. The highest BCUT2D eigenvalue weighted by Gasteiger charge is 2.17. The molecule has 2 amide bonds. The zero-order valence-electron chi connectivity index (χ0n) is 14.9. The smallest absolute Gasteiger partial charge is 0.270 e. The first-order chi connectivity index (χ1) is 11.8. The molecule has 1 aromatic carbocycles. The summed E-state index contributed by atoms with van der Waals surface area (Å²) in [5, 5.41) is 5.62.